The van der Waals surface area contributed by atoms with Crippen LogP contribution in [0.3, 0.4) is 0 Å². The second kappa shape index (κ2) is 2.68. The van der Waals surface area contributed by atoms with Crippen LogP contribution in [0.5, 0.6) is 0 Å². The maximum absolute atomic E-state index is 12.1. The van der Waals surface area contributed by atoms with Gasteiger partial charge in [0.1, 0.15) is 6.33 Å². The Balaban J connectivity index is 2.09. The molecule has 1 fully saturated rings. The largest absolute Gasteiger partial charge is 0.392 e. The van der Waals surface area contributed by atoms with Crippen molar-refractivity contribution >= 4 is 0 Å². The smallest absolute Gasteiger partial charge is 0.245 e. The summed E-state index contributed by atoms with van der Waals surface area (Å²) >= 11 is 0. The van der Waals surface area contributed by atoms with Crippen molar-refractivity contribution in [2.75, 3.05) is 0 Å². The van der Waals surface area contributed by atoms with Crippen molar-refractivity contribution in [3.05, 3.63) is 24.3 Å². The van der Waals surface area contributed by atoms with Crippen LogP contribution in [0.1, 0.15) is 17.9 Å². The lowest BCUT2D eigenvalue weighted by Gasteiger charge is -2.03. The van der Waals surface area contributed by atoms with Crippen molar-refractivity contribution in [2.24, 2.45) is 5.92 Å². The fourth-order valence-electron chi connectivity index (χ4n) is 1.43. The summed E-state index contributed by atoms with van der Waals surface area (Å²) in [6.07, 6.45) is 0.318. The Morgan fingerprint density at radius 2 is 1.85 bits per heavy atom. The van der Waals surface area contributed by atoms with E-state index in [1.165, 1.54) is 18.7 Å². The summed E-state index contributed by atoms with van der Waals surface area (Å²) in [5, 5.41) is 0. The van der Waals surface area contributed by atoms with Gasteiger partial charge in [-0.15, -0.1) is 0 Å². The second-order valence-corrected chi connectivity index (χ2v) is 3.16. The Bertz CT molecular complexity index is 296. The first-order valence-corrected chi connectivity index (χ1v) is 3.90. The molecule has 0 N–H and O–H groups in total. The van der Waals surface area contributed by atoms with Gasteiger partial charge in [-0.25, -0.2) is 9.97 Å². The zero-order valence-electron chi connectivity index (χ0n) is 6.62. The van der Waals surface area contributed by atoms with E-state index in [1.807, 2.05) is 0 Å². The Hall–Kier alpha value is -1.13. The van der Waals surface area contributed by atoms with Crippen molar-refractivity contribution in [1.82, 2.24) is 9.97 Å². The zero-order valence-corrected chi connectivity index (χ0v) is 6.62. The summed E-state index contributed by atoms with van der Waals surface area (Å²) < 4.78 is 36.4. The van der Waals surface area contributed by atoms with Crippen LogP contribution in [0, 0.1) is 5.92 Å². The SMILES string of the molecule is FC(F)(F)[C@@H]1C[C@H]1c1cncnc1. The maximum Gasteiger partial charge on any atom is 0.392 e. The third kappa shape index (κ3) is 1.64. The Labute approximate surface area is 72.8 Å². The molecule has 1 aliphatic carbocycles. The summed E-state index contributed by atoms with van der Waals surface area (Å²) in [6, 6.07) is 0. The van der Waals surface area contributed by atoms with E-state index >= 15 is 0 Å². The first-order valence-electron chi connectivity index (χ1n) is 3.90. The van der Waals surface area contributed by atoms with Gasteiger partial charge in [-0.1, -0.05) is 0 Å². The molecule has 0 unspecified atom stereocenters. The van der Waals surface area contributed by atoms with Gasteiger partial charge in [0.25, 0.3) is 0 Å². The number of hydrogen-bond acceptors (Lipinski definition) is 2. The summed E-state index contributed by atoms with van der Waals surface area (Å²) in [7, 11) is 0. The lowest BCUT2D eigenvalue weighted by Crippen LogP contribution is -2.11. The lowest BCUT2D eigenvalue weighted by molar-refractivity contribution is -0.148. The molecule has 13 heavy (non-hydrogen) atoms. The molecule has 70 valence electrons. The number of aromatic nitrogens is 2. The molecule has 2 atom stereocenters. The molecule has 1 aromatic heterocycles. The predicted octanol–water partition coefficient (Wildman–Crippen LogP) is 2.14. The normalized spacial score (nSPS) is 27.3. The van der Waals surface area contributed by atoms with Crippen molar-refractivity contribution in [3.8, 4) is 0 Å². The standard InChI is InChI=1S/C8H7F3N2/c9-8(10,11)7-1-6(7)5-2-12-4-13-3-5/h2-4,6-7H,1H2/t6-,7+/m0/s1. The van der Waals surface area contributed by atoms with Crippen molar-refractivity contribution in [2.45, 2.75) is 18.5 Å². The fraction of sp³-hybridized carbons (Fsp3) is 0.500. The van der Waals surface area contributed by atoms with E-state index in [0.717, 1.165) is 0 Å². The third-order valence-corrected chi connectivity index (χ3v) is 2.22. The Morgan fingerprint density at radius 3 is 2.31 bits per heavy atom. The van der Waals surface area contributed by atoms with Crippen LogP contribution in [-0.4, -0.2) is 16.1 Å². The van der Waals surface area contributed by atoms with Gasteiger partial charge < -0.3 is 0 Å². The van der Waals surface area contributed by atoms with Gasteiger partial charge >= 0.3 is 6.18 Å². The van der Waals surface area contributed by atoms with Crippen LogP contribution in [0.15, 0.2) is 18.7 Å². The average Bonchev–Trinajstić information content (AvgIpc) is 2.83. The van der Waals surface area contributed by atoms with Gasteiger partial charge in [-0.2, -0.15) is 13.2 Å². The van der Waals surface area contributed by atoms with E-state index in [-0.39, 0.29) is 6.42 Å². The minimum atomic E-state index is -4.07. The van der Waals surface area contributed by atoms with Gasteiger partial charge in [0.15, 0.2) is 0 Å². The molecule has 5 heteroatoms. The number of rotatable bonds is 1. The van der Waals surface area contributed by atoms with Crippen LogP contribution >= 0.6 is 0 Å². The van der Waals surface area contributed by atoms with E-state index < -0.39 is 18.0 Å². The zero-order chi connectivity index (χ0) is 9.47. The molecular formula is C8H7F3N2. The molecular weight excluding hydrogens is 181 g/mol. The topological polar surface area (TPSA) is 25.8 Å². The van der Waals surface area contributed by atoms with Crippen LogP contribution in [0.25, 0.3) is 0 Å². The van der Waals surface area contributed by atoms with Gasteiger partial charge in [-0.05, 0) is 17.9 Å². The highest BCUT2D eigenvalue weighted by Crippen LogP contribution is 2.55. The molecule has 2 rings (SSSR count). The third-order valence-electron chi connectivity index (χ3n) is 2.22. The minimum absolute atomic E-state index is 0.177. The van der Waals surface area contributed by atoms with Gasteiger partial charge in [0.2, 0.25) is 0 Å². The van der Waals surface area contributed by atoms with Crippen molar-refractivity contribution in [3.63, 3.8) is 0 Å². The van der Waals surface area contributed by atoms with Gasteiger partial charge in [-0.3, -0.25) is 0 Å². The van der Waals surface area contributed by atoms with Gasteiger partial charge in [0.05, 0.1) is 5.92 Å². The highest BCUT2D eigenvalue weighted by atomic mass is 19.4. The van der Waals surface area contributed by atoms with E-state index in [1.54, 1.807) is 0 Å². The van der Waals surface area contributed by atoms with Gasteiger partial charge in [0, 0.05) is 12.4 Å². The molecule has 0 aromatic carbocycles. The molecule has 0 aliphatic heterocycles. The number of halogens is 3. The number of hydrogen-bond donors (Lipinski definition) is 0. The molecule has 0 bridgehead atoms. The molecule has 1 aromatic rings. The summed E-state index contributed by atoms with van der Waals surface area (Å²) in [4.78, 5) is 7.37. The summed E-state index contributed by atoms with van der Waals surface area (Å²) in [5.74, 6) is -1.60. The Morgan fingerprint density at radius 1 is 1.23 bits per heavy atom. The number of alkyl halides is 3. The molecule has 2 nitrogen and oxygen atoms in total. The van der Waals surface area contributed by atoms with Crippen LogP contribution < -0.4 is 0 Å². The molecule has 0 radical (unpaired) electrons. The van der Waals surface area contributed by atoms with E-state index in [9.17, 15) is 13.2 Å². The quantitative estimate of drug-likeness (QED) is 0.674. The van der Waals surface area contributed by atoms with Crippen molar-refractivity contribution in [1.29, 1.82) is 0 Å². The minimum Gasteiger partial charge on any atom is -0.245 e. The average molecular weight is 188 g/mol. The monoisotopic (exact) mass is 188 g/mol. The van der Waals surface area contributed by atoms with Crippen LogP contribution in [-0.2, 0) is 0 Å². The van der Waals surface area contributed by atoms with Crippen LogP contribution in [0.2, 0.25) is 0 Å². The molecule has 0 spiro atoms. The maximum atomic E-state index is 12.1. The van der Waals surface area contributed by atoms with Crippen molar-refractivity contribution < 1.29 is 13.2 Å². The van der Waals surface area contributed by atoms with Crippen LogP contribution in [0.4, 0.5) is 13.2 Å². The molecule has 0 amide bonds. The first-order chi connectivity index (χ1) is 6.09. The lowest BCUT2D eigenvalue weighted by atomic mass is 10.2. The highest BCUT2D eigenvalue weighted by Gasteiger charge is 2.56. The predicted molar refractivity (Wildman–Crippen MR) is 38.9 cm³/mol. The highest BCUT2D eigenvalue weighted by molar-refractivity contribution is 5.20. The molecule has 0 saturated heterocycles. The molecule has 1 saturated carbocycles. The first kappa shape index (κ1) is 8.47. The summed E-state index contributed by atoms with van der Waals surface area (Å²) in [6.45, 7) is 0. The Kier molecular flexibility index (Phi) is 1.75. The number of nitrogens with zero attached hydrogens (tertiary/aromatic N) is 2. The second-order valence-electron chi connectivity index (χ2n) is 3.16. The molecule has 1 aliphatic rings. The molecule has 1 heterocycles. The fourth-order valence-corrected chi connectivity index (χ4v) is 1.43. The van der Waals surface area contributed by atoms with E-state index in [0.29, 0.717) is 5.56 Å². The summed E-state index contributed by atoms with van der Waals surface area (Å²) in [5.41, 5.74) is 0.588. The van der Waals surface area contributed by atoms with E-state index in [4.69, 9.17) is 0 Å². The van der Waals surface area contributed by atoms with E-state index in [2.05, 4.69) is 9.97 Å².